The molecule has 1 atom stereocenters. The van der Waals surface area contributed by atoms with E-state index in [-0.39, 0.29) is 16.7 Å². The first kappa shape index (κ1) is 16.3. The van der Waals surface area contributed by atoms with Gasteiger partial charge in [-0.05, 0) is 59.2 Å². The van der Waals surface area contributed by atoms with Crippen LogP contribution in [0.15, 0.2) is 24.3 Å². The Bertz CT molecular complexity index is 510. The van der Waals surface area contributed by atoms with Crippen LogP contribution >= 0.6 is 0 Å². The highest BCUT2D eigenvalue weighted by atomic mass is 16.5. The molecule has 0 bridgehead atoms. The van der Waals surface area contributed by atoms with Crippen molar-refractivity contribution in [2.75, 3.05) is 18.0 Å². The highest BCUT2D eigenvalue weighted by Crippen LogP contribution is 2.49. The Labute approximate surface area is 129 Å². The normalized spacial score (nSPS) is 26.8. The average Bonchev–Trinajstić information content (AvgIpc) is 2.55. The Balaban J connectivity index is 2.52. The van der Waals surface area contributed by atoms with Gasteiger partial charge in [-0.15, -0.1) is 0 Å². The van der Waals surface area contributed by atoms with Crippen molar-refractivity contribution in [3.05, 3.63) is 29.8 Å². The third-order valence-corrected chi connectivity index (χ3v) is 4.85. The molecule has 1 aliphatic heterocycles. The molecule has 2 rings (SSSR count). The first-order valence-corrected chi connectivity index (χ1v) is 7.92. The Morgan fingerprint density at radius 3 is 2.33 bits per heavy atom. The van der Waals surface area contributed by atoms with E-state index in [4.69, 9.17) is 10.5 Å². The monoisotopic (exact) mass is 290 g/mol. The molecule has 1 aliphatic rings. The second kappa shape index (κ2) is 5.29. The van der Waals surface area contributed by atoms with Gasteiger partial charge in [0.25, 0.3) is 0 Å². The molecule has 1 aromatic rings. The molecule has 0 amide bonds. The molecule has 2 N–H and O–H groups in total. The maximum Gasteiger partial charge on any atom is 0.0877 e. The van der Waals surface area contributed by atoms with Crippen molar-refractivity contribution < 1.29 is 4.74 Å². The van der Waals surface area contributed by atoms with Crippen molar-refractivity contribution in [3.63, 3.8) is 0 Å². The second-order valence-electron chi connectivity index (χ2n) is 7.37. The molecule has 1 fully saturated rings. The van der Waals surface area contributed by atoms with Gasteiger partial charge in [-0.25, -0.2) is 0 Å². The van der Waals surface area contributed by atoms with E-state index in [9.17, 15) is 0 Å². The summed E-state index contributed by atoms with van der Waals surface area (Å²) in [5, 5.41) is 0. The van der Waals surface area contributed by atoms with E-state index in [0.29, 0.717) is 6.54 Å². The lowest BCUT2D eigenvalue weighted by Crippen LogP contribution is -2.63. The summed E-state index contributed by atoms with van der Waals surface area (Å²) in [5.41, 5.74) is 8.18. The molecule has 1 aromatic carbocycles. The van der Waals surface area contributed by atoms with Crippen LogP contribution in [0, 0.1) is 6.92 Å². The number of aryl methyl sites for hydroxylation is 1. The lowest BCUT2D eigenvalue weighted by molar-refractivity contribution is -0.0783. The number of hydrogen-bond acceptors (Lipinski definition) is 3. The van der Waals surface area contributed by atoms with Crippen LogP contribution < -0.4 is 10.6 Å². The van der Waals surface area contributed by atoms with Crippen molar-refractivity contribution in [3.8, 4) is 0 Å². The lowest BCUT2D eigenvalue weighted by Gasteiger charge is -2.48. The van der Waals surface area contributed by atoms with E-state index in [0.717, 1.165) is 13.0 Å². The number of rotatable bonds is 4. The summed E-state index contributed by atoms with van der Waals surface area (Å²) in [6, 6.07) is 8.66. The molecule has 21 heavy (non-hydrogen) atoms. The van der Waals surface area contributed by atoms with Gasteiger partial charge in [0.2, 0.25) is 0 Å². The number of benzene rings is 1. The third-order valence-electron chi connectivity index (χ3n) is 4.85. The van der Waals surface area contributed by atoms with Gasteiger partial charge < -0.3 is 15.4 Å². The maximum atomic E-state index is 6.36. The van der Waals surface area contributed by atoms with Crippen LogP contribution in [0.5, 0.6) is 0 Å². The predicted octanol–water partition coefficient (Wildman–Crippen LogP) is 3.50. The summed E-state index contributed by atoms with van der Waals surface area (Å²) in [5.74, 6) is 0. The number of likely N-dealkylation sites (N-methyl/N-ethyl adjacent to an activating group) is 1. The summed E-state index contributed by atoms with van der Waals surface area (Å²) in [6.07, 6.45) is 0.936. The Kier molecular flexibility index (Phi) is 4.11. The zero-order valence-electron chi connectivity index (χ0n) is 14.4. The van der Waals surface area contributed by atoms with Crippen LogP contribution in [0.3, 0.4) is 0 Å². The van der Waals surface area contributed by atoms with E-state index in [2.05, 4.69) is 70.7 Å². The lowest BCUT2D eigenvalue weighted by atomic mass is 9.77. The molecule has 1 heterocycles. The van der Waals surface area contributed by atoms with E-state index in [1.807, 2.05) is 0 Å². The smallest absolute Gasteiger partial charge is 0.0877 e. The summed E-state index contributed by atoms with van der Waals surface area (Å²) in [4.78, 5) is 2.44. The third kappa shape index (κ3) is 2.69. The largest absolute Gasteiger partial charge is 0.367 e. The van der Waals surface area contributed by atoms with Crippen LogP contribution in [0.1, 0.15) is 46.6 Å². The van der Waals surface area contributed by atoms with E-state index in [1.165, 1.54) is 11.3 Å². The van der Waals surface area contributed by atoms with E-state index in [1.54, 1.807) is 0 Å². The SMILES string of the molecule is CCN(c1cccc(C)c1)C1(CN)CC(C)(C)OC1(C)C. The van der Waals surface area contributed by atoms with Crippen LogP contribution in [0.25, 0.3) is 0 Å². The maximum absolute atomic E-state index is 6.36. The first-order valence-electron chi connectivity index (χ1n) is 7.92. The number of anilines is 1. The van der Waals surface area contributed by atoms with E-state index < -0.39 is 0 Å². The number of hydrogen-bond donors (Lipinski definition) is 1. The Morgan fingerprint density at radius 2 is 1.90 bits per heavy atom. The van der Waals surface area contributed by atoms with Crippen molar-refractivity contribution in [1.29, 1.82) is 0 Å². The fraction of sp³-hybridized carbons (Fsp3) is 0.667. The zero-order valence-corrected chi connectivity index (χ0v) is 14.4. The quantitative estimate of drug-likeness (QED) is 0.922. The molecule has 0 aromatic heterocycles. The van der Waals surface area contributed by atoms with Crippen LogP contribution in [-0.2, 0) is 4.74 Å². The fourth-order valence-corrected chi connectivity index (χ4v) is 4.12. The summed E-state index contributed by atoms with van der Waals surface area (Å²) < 4.78 is 6.36. The van der Waals surface area contributed by atoms with Crippen LogP contribution in [0.2, 0.25) is 0 Å². The minimum Gasteiger partial charge on any atom is -0.367 e. The Hall–Kier alpha value is -1.06. The molecule has 0 aliphatic carbocycles. The zero-order chi connectivity index (χ0) is 15.9. The molecule has 118 valence electrons. The van der Waals surface area contributed by atoms with Crippen molar-refractivity contribution >= 4 is 5.69 Å². The molecule has 3 nitrogen and oxygen atoms in total. The highest BCUT2D eigenvalue weighted by Gasteiger charge is 2.59. The van der Waals surface area contributed by atoms with Gasteiger partial charge >= 0.3 is 0 Å². The van der Waals surface area contributed by atoms with Gasteiger partial charge in [-0.3, -0.25) is 0 Å². The average molecular weight is 290 g/mol. The topological polar surface area (TPSA) is 38.5 Å². The molecular weight excluding hydrogens is 260 g/mol. The molecule has 1 saturated heterocycles. The van der Waals surface area contributed by atoms with Crippen molar-refractivity contribution in [2.24, 2.45) is 5.73 Å². The minimum absolute atomic E-state index is 0.153. The number of nitrogens with two attached hydrogens (primary N) is 1. The minimum atomic E-state index is -0.287. The van der Waals surface area contributed by atoms with Crippen molar-refractivity contribution in [2.45, 2.75) is 64.7 Å². The molecule has 3 heteroatoms. The number of ether oxygens (including phenoxy) is 1. The molecule has 0 radical (unpaired) electrons. The molecule has 0 saturated carbocycles. The summed E-state index contributed by atoms with van der Waals surface area (Å²) in [7, 11) is 0. The predicted molar refractivity (Wildman–Crippen MR) is 89.8 cm³/mol. The highest BCUT2D eigenvalue weighted by molar-refractivity contribution is 5.53. The molecule has 0 spiro atoms. The van der Waals surface area contributed by atoms with Gasteiger partial charge in [0, 0.05) is 25.2 Å². The van der Waals surface area contributed by atoms with Crippen LogP contribution in [-0.4, -0.2) is 29.8 Å². The molecular formula is C18H30N2O. The second-order valence-corrected chi connectivity index (χ2v) is 7.37. The van der Waals surface area contributed by atoms with E-state index >= 15 is 0 Å². The standard InChI is InChI=1S/C18H30N2O/c1-7-20(15-10-8-9-14(2)11-15)18(13-19)12-16(3,4)21-17(18,5)6/h8-11H,7,12-13,19H2,1-6H3. The fourth-order valence-electron chi connectivity index (χ4n) is 4.12. The summed E-state index contributed by atoms with van der Waals surface area (Å²) in [6.45, 7) is 14.5. The van der Waals surface area contributed by atoms with Crippen LogP contribution in [0.4, 0.5) is 5.69 Å². The molecule has 1 unspecified atom stereocenters. The van der Waals surface area contributed by atoms with Gasteiger partial charge in [-0.2, -0.15) is 0 Å². The van der Waals surface area contributed by atoms with Gasteiger partial charge in [0.15, 0.2) is 0 Å². The first-order chi connectivity index (χ1) is 9.67. The number of nitrogens with zero attached hydrogens (tertiary/aromatic N) is 1. The van der Waals surface area contributed by atoms with Gasteiger partial charge in [0.05, 0.1) is 16.7 Å². The van der Waals surface area contributed by atoms with Gasteiger partial charge in [-0.1, -0.05) is 12.1 Å². The van der Waals surface area contributed by atoms with Gasteiger partial charge in [0.1, 0.15) is 0 Å². The van der Waals surface area contributed by atoms with Crippen molar-refractivity contribution in [1.82, 2.24) is 0 Å². The Morgan fingerprint density at radius 1 is 1.24 bits per heavy atom. The summed E-state index contributed by atoms with van der Waals surface area (Å²) >= 11 is 0.